The molecule has 0 bridgehead atoms. The summed E-state index contributed by atoms with van der Waals surface area (Å²) in [6.07, 6.45) is 0. The Bertz CT molecular complexity index is 704. The summed E-state index contributed by atoms with van der Waals surface area (Å²) >= 11 is 6.01. The molecule has 2 aromatic rings. The Labute approximate surface area is 140 Å². The van der Waals surface area contributed by atoms with Crippen molar-refractivity contribution >= 4 is 23.3 Å². The van der Waals surface area contributed by atoms with Crippen molar-refractivity contribution in [1.82, 2.24) is 5.32 Å². The predicted molar refractivity (Wildman–Crippen MR) is 91.6 cm³/mol. The van der Waals surface area contributed by atoms with Gasteiger partial charge in [-0.05, 0) is 43.7 Å². The van der Waals surface area contributed by atoms with Crippen LogP contribution in [0.2, 0.25) is 5.02 Å². The predicted octanol–water partition coefficient (Wildman–Crippen LogP) is 4.12. The number of urea groups is 1. The summed E-state index contributed by atoms with van der Waals surface area (Å²) in [5.41, 5.74) is 2.76. The fourth-order valence-electron chi connectivity index (χ4n) is 2.06. The zero-order valence-electron chi connectivity index (χ0n) is 13.3. The van der Waals surface area contributed by atoms with E-state index in [1.807, 2.05) is 32.0 Å². The van der Waals surface area contributed by atoms with Crippen LogP contribution < -0.4 is 20.1 Å². The number of hydrogen-bond donors (Lipinski definition) is 2. The van der Waals surface area contributed by atoms with Crippen LogP contribution in [0, 0.1) is 13.8 Å². The van der Waals surface area contributed by atoms with Crippen molar-refractivity contribution in [2.45, 2.75) is 13.8 Å². The van der Waals surface area contributed by atoms with Crippen molar-refractivity contribution in [1.29, 1.82) is 0 Å². The SMILES string of the molecule is COc1ccc(NC(=O)NCOc2ccc(C)cc2C)cc1Cl. The van der Waals surface area contributed by atoms with Crippen molar-refractivity contribution in [3.63, 3.8) is 0 Å². The quantitative estimate of drug-likeness (QED) is 0.808. The van der Waals surface area contributed by atoms with E-state index in [1.165, 1.54) is 7.11 Å². The summed E-state index contributed by atoms with van der Waals surface area (Å²) in [6, 6.07) is 10.5. The van der Waals surface area contributed by atoms with Crippen LogP contribution in [0.25, 0.3) is 0 Å². The van der Waals surface area contributed by atoms with E-state index in [0.717, 1.165) is 16.9 Å². The number of carbonyl (C=O) groups excluding carboxylic acids is 1. The summed E-state index contributed by atoms with van der Waals surface area (Å²) in [5.74, 6) is 1.29. The summed E-state index contributed by atoms with van der Waals surface area (Å²) < 4.78 is 10.6. The highest BCUT2D eigenvalue weighted by molar-refractivity contribution is 6.32. The van der Waals surface area contributed by atoms with Crippen molar-refractivity contribution in [3.05, 3.63) is 52.5 Å². The highest BCUT2D eigenvalue weighted by Gasteiger charge is 2.06. The zero-order chi connectivity index (χ0) is 16.8. The summed E-state index contributed by atoms with van der Waals surface area (Å²) in [7, 11) is 1.53. The van der Waals surface area contributed by atoms with Gasteiger partial charge in [-0.1, -0.05) is 29.3 Å². The maximum atomic E-state index is 11.8. The minimum absolute atomic E-state index is 0.0691. The standard InChI is InChI=1S/C17H19ClN2O3/c1-11-4-6-15(12(2)8-11)23-10-19-17(21)20-13-5-7-16(22-3)14(18)9-13/h4-9H,10H2,1-3H3,(H2,19,20,21). The number of nitrogens with one attached hydrogen (secondary N) is 2. The summed E-state index contributed by atoms with van der Waals surface area (Å²) in [6.45, 7) is 4.05. The largest absolute Gasteiger partial charge is 0.495 e. The molecule has 0 radical (unpaired) electrons. The van der Waals surface area contributed by atoms with Gasteiger partial charge >= 0.3 is 6.03 Å². The average Bonchev–Trinajstić information content (AvgIpc) is 2.49. The van der Waals surface area contributed by atoms with Crippen molar-refractivity contribution in [3.8, 4) is 11.5 Å². The van der Waals surface area contributed by atoms with Gasteiger partial charge in [0.25, 0.3) is 0 Å². The van der Waals surface area contributed by atoms with Crippen LogP contribution in [0.1, 0.15) is 11.1 Å². The van der Waals surface area contributed by atoms with Crippen LogP contribution in [0.3, 0.4) is 0 Å². The second-order valence-corrected chi connectivity index (χ2v) is 5.45. The average molecular weight is 335 g/mol. The number of halogens is 1. The highest BCUT2D eigenvalue weighted by atomic mass is 35.5. The number of ether oxygens (including phenoxy) is 2. The fraction of sp³-hybridized carbons (Fsp3) is 0.235. The minimum atomic E-state index is -0.379. The molecule has 0 atom stereocenters. The number of amides is 2. The first-order valence-corrected chi connectivity index (χ1v) is 7.46. The van der Waals surface area contributed by atoms with Crippen LogP contribution in [-0.2, 0) is 0 Å². The van der Waals surface area contributed by atoms with Gasteiger partial charge in [0.05, 0.1) is 12.1 Å². The molecule has 0 saturated carbocycles. The van der Waals surface area contributed by atoms with Crippen LogP contribution in [-0.4, -0.2) is 19.9 Å². The molecule has 0 fully saturated rings. The third-order valence-electron chi connectivity index (χ3n) is 3.20. The topological polar surface area (TPSA) is 59.6 Å². The number of methoxy groups -OCH3 is 1. The third kappa shape index (κ3) is 4.79. The molecule has 122 valence electrons. The number of anilines is 1. The number of hydrogen-bond acceptors (Lipinski definition) is 3. The monoisotopic (exact) mass is 334 g/mol. The molecule has 0 aliphatic heterocycles. The molecular formula is C17H19ClN2O3. The van der Waals surface area contributed by atoms with E-state index >= 15 is 0 Å². The molecule has 0 aliphatic carbocycles. The van der Waals surface area contributed by atoms with Crippen molar-refractivity contribution < 1.29 is 14.3 Å². The van der Waals surface area contributed by atoms with Gasteiger partial charge < -0.3 is 20.1 Å². The van der Waals surface area contributed by atoms with E-state index in [1.54, 1.807) is 18.2 Å². The van der Waals surface area contributed by atoms with Crippen molar-refractivity contribution in [2.75, 3.05) is 19.2 Å². The van der Waals surface area contributed by atoms with Gasteiger partial charge in [-0.25, -0.2) is 4.79 Å². The molecule has 2 amide bonds. The smallest absolute Gasteiger partial charge is 0.321 e. The first kappa shape index (κ1) is 17.0. The molecule has 23 heavy (non-hydrogen) atoms. The third-order valence-corrected chi connectivity index (χ3v) is 3.50. The first-order valence-electron chi connectivity index (χ1n) is 7.08. The molecule has 2 aromatic carbocycles. The molecule has 0 heterocycles. The van der Waals surface area contributed by atoms with Gasteiger partial charge in [0, 0.05) is 5.69 Å². The van der Waals surface area contributed by atoms with E-state index in [9.17, 15) is 4.79 Å². The molecule has 0 aliphatic rings. The second kappa shape index (κ2) is 7.74. The van der Waals surface area contributed by atoms with E-state index < -0.39 is 0 Å². The Morgan fingerprint density at radius 2 is 1.87 bits per heavy atom. The lowest BCUT2D eigenvalue weighted by molar-refractivity contribution is 0.234. The van der Waals surface area contributed by atoms with Crippen molar-refractivity contribution in [2.24, 2.45) is 0 Å². The van der Waals surface area contributed by atoms with E-state index in [4.69, 9.17) is 21.1 Å². The van der Waals surface area contributed by atoms with Gasteiger partial charge in [-0.3, -0.25) is 0 Å². The molecular weight excluding hydrogens is 316 g/mol. The molecule has 5 nitrogen and oxygen atoms in total. The van der Waals surface area contributed by atoms with E-state index in [-0.39, 0.29) is 12.8 Å². The number of aryl methyl sites for hydroxylation is 2. The van der Waals surface area contributed by atoms with Gasteiger partial charge in [-0.2, -0.15) is 0 Å². The lowest BCUT2D eigenvalue weighted by Crippen LogP contribution is -2.32. The van der Waals surface area contributed by atoms with Crippen LogP contribution in [0.15, 0.2) is 36.4 Å². The van der Waals surface area contributed by atoms with Gasteiger partial charge in [0.2, 0.25) is 0 Å². The first-order chi connectivity index (χ1) is 11.0. The van der Waals surface area contributed by atoms with Gasteiger partial charge in [-0.15, -0.1) is 0 Å². The van der Waals surface area contributed by atoms with E-state index in [0.29, 0.717) is 16.5 Å². The maximum absolute atomic E-state index is 11.8. The highest BCUT2D eigenvalue weighted by Crippen LogP contribution is 2.27. The summed E-state index contributed by atoms with van der Waals surface area (Å²) in [4.78, 5) is 11.8. The fourth-order valence-corrected chi connectivity index (χ4v) is 2.32. The molecule has 0 saturated heterocycles. The molecule has 0 unspecified atom stereocenters. The molecule has 2 N–H and O–H groups in total. The zero-order valence-corrected chi connectivity index (χ0v) is 14.0. The molecule has 0 spiro atoms. The molecule has 2 rings (SSSR count). The summed E-state index contributed by atoms with van der Waals surface area (Å²) in [5, 5.41) is 5.72. The normalized spacial score (nSPS) is 10.1. The molecule has 6 heteroatoms. The molecule has 0 aromatic heterocycles. The Kier molecular flexibility index (Phi) is 5.71. The lowest BCUT2D eigenvalue weighted by atomic mass is 10.1. The minimum Gasteiger partial charge on any atom is -0.495 e. The van der Waals surface area contributed by atoms with Gasteiger partial charge in [0.15, 0.2) is 6.73 Å². The lowest BCUT2D eigenvalue weighted by Gasteiger charge is -2.12. The van der Waals surface area contributed by atoms with Crippen LogP contribution in [0.5, 0.6) is 11.5 Å². The van der Waals surface area contributed by atoms with Gasteiger partial charge in [0.1, 0.15) is 11.5 Å². The Hall–Kier alpha value is -2.40. The Morgan fingerprint density at radius 1 is 1.13 bits per heavy atom. The number of rotatable bonds is 5. The van der Waals surface area contributed by atoms with Crippen LogP contribution >= 0.6 is 11.6 Å². The second-order valence-electron chi connectivity index (χ2n) is 5.04. The maximum Gasteiger partial charge on any atom is 0.321 e. The van der Waals surface area contributed by atoms with E-state index in [2.05, 4.69) is 10.6 Å². The number of benzene rings is 2. The Balaban J connectivity index is 1.84. The Morgan fingerprint density at radius 3 is 2.52 bits per heavy atom. The number of carbonyl (C=O) groups is 1. The van der Waals surface area contributed by atoms with Crippen LogP contribution in [0.4, 0.5) is 10.5 Å².